The molecule has 0 aliphatic rings. The Morgan fingerprint density at radius 2 is 1.82 bits per heavy atom. The molecule has 0 spiro atoms. The van der Waals surface area contributed by atoms with Crippen LogP contribution in [-0.4, -0.2) is 30.7 Å². The molecule has 0 aliphatic heterocycles. The summed E-state index contributed by atoms with van der Waals surface area (Å²) in [4.78, 5) is 11.7. The average molecular weight is 267 g/mol. The van der Waals surface area contributed by atoms with Crippen molar-refractivity contribution >= 4 is 18.3 Å². The third-order valence-electron chi connectivity index (χ3n) is 2.94. The first-order chi connectivity index (χ1) is 7.19. The standard InChI is InChI=1S/C12H26N2O2.ClH/c1-8(7-12(4,5)16-6)14-11(15)9(2)10(3)13;/h8-10H,7,13H2,1-6H3,(H,14,15);1H. The lowest BCUT2D eigenvalue weighted by molar-refractivity contribution is -0.126. The van der Waals surface area contributed by atoms with Gasteiger partial charge in [0.15, 0.2) is 0 Å². The molecule has 3 N–H and O–H groups in total. The van der Waals surface area contributed by atoms with Crippen LogP contribution in [0, 0.1) is 5.92 Å². The van der Waals surface area contributed by atoms with Crippen molar-refractivity contribution in [3.8, 4) is 0 Å². The minimum absolute atomic E-state index is 0. The summed E-state index contributed by atoms with van der Waals surface area (Å²) in [6.45, 7) is 9.67. The third-order valence-corrected chi connectivity index (χ3v) is 2.94. The Hall–Kier alpha value is -0.320. The number of carbonyl (C=O) groups excluding carboxylic acids is 1. The predicted octanol–water partition coefficient (Wildman–Crippen LogP) is 1.71. The topological polar surface area (TPSA) is 64.3 Å². The zero-order valence-electron chi connectivity index (χ0n) is 11.7. The maximum atomic E-state index is 11.7. The van der Waals surface area contributed by atoms with Gasteiger partial charge >= 0.3 is 0 Å². The first-order valence-electron chi connectivity index (χ1n) is 5.80. The van der Waals surface area contributed by atoms with E-state index in [-0.39, 0.29) is 41.9 Å². The molecule has 0 saturated heterocycles. The molecule has 3 atom stereocenters. The monoisotopic (exact) mass is 266 g/mol. The Bertz CT molecular complexity index is 233. The SMILES string of the molecule is COC(C)(C)CC(C)NC(=O)C(C)C(C)N.Cl. The number of nitrogens with one attached hydrogen (secondary N) is 1. The van der Waals surface area contributed by atoms with Crippen LogP contribution in [0.25, 0.3) is 0 Å². The molecular weight excluding hydrogens is 240 g/mol. The largest absolute Gasteiger partial charge is 0.379 e. The Labute approximate surface area is 111 Å². The van der Waals surface area contributed by atoms with Gasteiger partial charge in [-0.3, -0.25) is 4.79 Å². The van der Waals surface area contributed by atoms with Gasteiger partial charge in [0.05, 0.1) is 5.60 Å². The fourth-order valence-electron chi connectivity index (χ4n) is 1.48. The summed E-state index contributed by atoms with van der Waals surface area (Å²) in [6.07, 6.45) is 0.779. The van der Waals surface area contributed by atoms with Crippen LogP contribution in [0.15, 0.2) is 0 Å². The maximum Gasteiger partial charge on any atom is 0.224 e. The van der Waals surface area contributed by atoms with Crippen LogP contribution < -0.4 is 11.1 Å². The number of nitrogens with two attached hydrogens (primary N) is 1. The van der Waals surface area contributed by atoms with E-state index in [1.807, 2.05) is 34.6 Å². The highest BCUT2D eigenvalue weighted by atomic mass is 35.5. The Balaban J connectivity index is 0. The number of amides is 1. The van der Waals surface area contributed by atoms with E-state index in [1.54, 1.807) is 7.11 Å². The second kappa shape index (κ2) is 7.90. The highest BCUT2D eigenvalue weighted by molar-refractivity contribution is 5.85. The van der Waals surface area contributed by atoms with Crippen molar-refractivity contribution in [3.05, 3.63) is 0 Å². The lowest BCUT2D eigenvalue weighted by atomic mass is 9.98. The minimum atomic E-state index is -0.218. The summed E-state index contributed by atoms with van der Waals surface area (Å²) in [7, 11) is 1.68. The van der Waals surface area contributed by atoms with Gasteiger partial charge in [0.25, 0.3) is 0 Å². The van der Waals surface area contributed by atoms with Gasteiger partial charge in [-0.2, -0.15) is 0 Å². The Morgan fingerprint density at radius 1 is 1.35 bits per heavy atom. The van der Waals surface area contributed by atoms with Crippen LogP contribution in [0.4, 0.5) is 0 Å². The van der Waals surface area contributed by atoms with E-state index in [4.69, 9.17) is 10.5 Å². The van der Waals surface area contributed by atoms with Crippen LogP contribution in [0.1, 0.15) is 41.0 Å². The van der Waals surface area contributed by atoms with Crippen molar-refractivity contribution in [2.75, 3.05) is 7.11 Å². The van der Waals surface area contributed by atoms with Crippen molar-refractivity contribution in [2.45, 2.75) is 58.7 Å². The first-order valence-corrected chi connectivity index (χ1v) is 5.80. The molecule has 4 nitrogen and oxygen atoms in total. The van der Waals surface area contributed by atoms with Gasteiger partial charge in [0, 0.05) is 25.1 Å². The first kappa shape index (κ1) is 19.0. The molecule has 0 heterocycles. The van der Waals surface area contributed by atoms with Crippen molar-refractivity contribution in [2.24, 2.45) is 11.7 Å². The molecular formula is C12H27ClN2O2. The number of methoxy groups -OCH3 is 1. The predicted molar refractivity (Wildman–Crippen MR) is 73.4 cm³/mol. The van der Waals surface area contributed by atoms with Gasteiger partial charge in [-0.1, -0.05) is 6.92 Å². The molecule has 0 aliphatic carbocycles. The van der Waals surface area contributed by atoms with E-state index in [0.29, 0.717) is 0 Å². The molecule has 17 heavy (non-hydrogen) atoms. The molecule has 0 fully saturated rings. The maximum absolute atomic E-state index is 11.7. The van der Waals surface area contributed by atoms with Gasteiger partial charge in [-0.15, -0.1) is 12.4 Å². The molecule has 0 rings (SSSR count). The Morgan fingerprint density at radius 3 is 2.18 bits per heavy atom. The molecule has 0 saturated carbocycles. The van der Waals surface area contributed by atoms with E-state index < -0.39 is 0 Å². The average Bonchev–Trinajstić information content (AvgIpc) is 2.15. The van der Waals surface area contributed by atoms with Crippen molar-refractivity contribution in [3.63, 3.8) is 0 Å². The van der Waals surface area contributed by atoms with E-state index in [2.05, 4.69) is 5.32 Å². The number of rotatable bonds is 6. The van der Waals surface area contributed by atoms with E-state index >= 15 is 0 Å². The number of halogens is 1. The van der Waals surface area contributed by atoms with Crippen LogP contribution in [0.2, 0.25) is 0 Å². The molecule has 0 aromatic heterocycles. The van der Waals surface area contributed by atoms with Crippen molar-refractivity contribution < 1.29 is 9.53 Å². The second-order valence-electron chi connectivity index (χ2n) is 5.23. The van der Waals surface area contributed by atoms with E-state index in [0.717, 1.165) is 6.42 Å². The summed E-state index contributed by atoms with van der Waals surface area (Å²) >= 11 is 0. The zero-order chi connectivity index (χ0) is 12.9. The normalized spacial score (nSPS) is 16.6. The quantitative estimate of drug-likeness (QED) is 0.769. The fraction of sp³-hybridized carbons (Fsp3) is 0.917. The van der Waals surface area contributed by atoms with Crippen LogP contribution in [0.5, 0.6) is 0 Å². The molecule has 0 aromatic carbocycles. The lowest BCUT2D eigenvalue weighted by Crippen LogP contribution is -2.44. The number of ether oxygens (including phenoxy) is 1. The fourth-order valence-corrected chi connectivity index (χ4v) is 1.48. The molecule has 0 radical (unpaired) electrons. The third kappa shape index (κ3) is 7.58. The highest BCUT2D eigenvalue weighted by Gasteiger charge is 2.23. The molecule has 5 heteroatoms. The molecule has 3 unspecified atom stereocenters. The lowest BCUT2D eigenvalue weighted by Gasteiger charge is -2.28. The summed E-state index contributed by atoms with van der Waals surface area (Å²) in [5.41, 5.74) is 5.46. The zero-order valence-corrected chi connectivity index (χ0v) is 12.6. The summed E-state index contributed by atoms with van der Waals surface area (Å²) < 4.78 is 5.32. The van der Waals surface area contributed by atoms with Gasteiger partial charge < -0.3 is 15.8 Å². The molecule has 0 aromatic rings. The molecule has 1 amide bonds. The second-order valence-corrected chi connectivity index (χ2v) is 5.23. The van der Waals surface area contributed by atoms with Gasteiger partial charge in [0.1, 0.15) is 0 Å². The van der Waals surface area contributed by atoms with Gasteiger partial charge in [-0.05, 0) is 34.1 Å². The van der Waals surface area contributed by atoms with Gasteiger partial charge in [0.2, 0.25) is 5.91 Å². The number of hydrogen-bond donors (Lipinski definition) is 2. The van der Waals surface area contributed by atoms with Crippen molar-refractivity contribution in [1.82, 2.24) is 5.32 Å². The molecule has 104 valence electrons. The van der Waals surface area contributed by atoms with Crippen LogP contribution >= 0.6 is 12.4 Å². The summed E-state index contributed by atoms with van der Waals surface area (Å²) in [5, 5.41) is 2.95. The smallest absolute Gasteiger partial charge is 0.224 e. The summed E-state index contributed by atoms with van der Waals surface area (Å²) in [6, 6.07) is -0.0358. The Kier molecular flexibility index (Phi) is 8.84. The minimum Gasteiger partial charge on any atom is -0.379 e. The number of hydrogen-bond acceptors (Lipinski definition) is 3. The summed E-state index contributed by atoms with van der Waals surface area (Å²) in [5.74, 6) is -0.150. The number of carbonyl (C=O) groups is 1. The van der Waals surface area contributed by atoms with Crippen LogP contribution in [0.3, 0.4) is 0 Å². The highest BCUT2D eigenvalue weighted by Crippen LogP contribution is 2.15. The van der Waals surface area contributed by atoms with Crippen LogP contribution in [-0.2, 0) is 9.53 Å². The van der Waals surface area contributed by atoms with E-state index in [1.165, 1.54) is 0 Å². The van der Waals surface area contributed by atoms with Gasteiger partial charge in [-0.25, -0.2) is 0 Å². The van der Waals surface area contributed by atoms with E-state index in [9.17, 15) is 4.79 Å². The molecule has 0 bridgehead atoms. The van der Waals surface area contributed by atoms with Crippen molar-refractivity contribution in [1.29, 1.82) is 0 Å².